The molecule has 0 spiro atoms. The second-order valence-corrected chi connectivity index (χ2v) is 4.81. The van der Waals surface area contributed by atoms with E-state index in [4.69, 9.17) is 14.2 Å². The normalized spacial score (nSPS) is 10.0. The zero-order valence-electron chi connectivity index (χ0n) is 13.1. The molecule has 126 valence electrons. The van der Waals surface area contributed by atoms with Crippen LogP contribution in [0.5, 0.6) is 17.2 Å². The number of esters is 1. The van der Waals surface area contributed by atoms with Gasteiger partial charge in [0.2, 0.25) is 0 Å². The summed E-state index contributed by atoms with van der Waals surface area (Å²) < 4.78 is 15.7. The molecule has 0 aliphatic rings. The van der Waals surface area contributed by atoms with Gasteiger partial charge in [-0.2, -0.15) is 0 Å². The van der Waals surface area contributed by atoms with Crippen LogP contribution < -0.4 is 14.2 Å². The van der Waals surface area contributed by atoms with E-state index in [-0.39, 0.29) is 11.4 Å². The fourth-order valence-corrected chi connectivity index (χ4v) is 1.85. The maximum absolute atomic E-state index is 11.8. The molecule has 2 rings (SSSR count). The lowest BCUT2D eigenvalue weighted by Gasteiger charge is -2.08. The number of benzene rings is 2. The fraction of sp³-hybridized carbons (Fsp3) is 0.235. The van der Waals surface area contributed by atoms with Gasteiger partial charge in [0.15, 0.2) is 12.4 Å². The van der Waals surface area contributed by atoms with Gasteiger partial charge in [-0.05, 0) is 36.8 Å². The molecule has 0 N–H and O–H groups in total. The third-order valence-corrected chi connectivity index (χ3v) is 2.94. The van der Waals surface area contributed by atoms with Crippen LogP contribution in [0.15, 0.2) is 48.5 Å². The molecule has 2 aromatic carbocycles. The van der Waals surface area contributed by atoms with E-state index >= 15 is 0 Å². The molecule has 0 aliphatic heterocycles. The van der Waals surface area contributed by atoms with Crippen LogP contribution in [-0.2, 0) is 4.79 Å². The zero-order chi connectivity index (χ0) is 17.4. The van der Waals surface area contributed by atoms with Gasteiger partial charge in [0.1, 0.15) is 11.5 Å². The number of nitro groups is 1. The van der Waals surface area contributed by atoms with Gasteiger partial charge in [0.25, 0.3) is 0 Å². The van der Waals surface area contributed by atoms with E-state index in [1.165, 1.54) is 18.2 Å². The molecule has 0 radical (unpaired) electrons. The number of rotatable bonds is 8. The first-order valence-corrected chi connectivity index (χ1v) is 7.40. The quantitative estimate of drug-likeness (QED) is 0.319. The van der Waals surface area contributed by atoms with Crippen molar-refractivity contribution in [1.82, 2.24) is 0 Å². The van der Waals surface area contributed by atoms with Crippen molar-refractivity contribution < 1.29 is 23.9 Å². The van der Waals surface area contributed by atoms with Crippen molar-refractivity contribution in [2.24, 2.45) is 0 Å². The molecule has 0 bridgehead atoms. The summed E-state index contributed by atoms with van der Waals surface area (Å²) >= 11 is 0. The smallest absolute Gasteiger partial charge is 0.349 e. The first-order chi connectivity index (χ1) is 11.6. The number of para-hydroxylation sites is 2. The van der Waals surface area contributed by atoms with E-state index in [1.54, 1.807) is 30.3 Å². The molecule has 7 nitrogen and oxygen atoms in total. The van der Waals surface area contributed by atoms with E-state index < -0.39 is 17.5 Å². The van der Waals surface area contributed by atoms with Crippen molar-refractivity contribution >= 4 is 11.7 Å². The first kappa shape index (κ1) is 17.3. The van der Waals surface area contributed by atoms with Crippen molar-refractivity contribution in [2.45, 2.75) is 13.3 Å². The van der Waals surface area contributed by atoms with Crippen molar-refractivity contribution in [3.05, 3.63) is 58.6 Å². The second kappa shape index (κ2) is 8.52. The predicted octanol–water partition coefficient (Wildman–Crippen LogP) is 3.37. The van der Waals surface area contributed by atoms with Gasteiger partial charge < -0.3 is 14.2 Å². The van der Waals surface area contributed by atoms with E-state index in [9.17, 15) is 14.9 Å². The Hall–Kier alpha value is -3.09. The van der Waals surface area contributed by atoms with Crippen LogP contribution in [0.4, 0.5) is 5.69 Å². The van der Waals surface area contributed by atoms with Crippen LogP contribution in [0.3, 0.4) is 0 Å². The van der Waals surface area contributed by atoms with E-state index in [0.717, 1.165) is 6.42 Å². The summed E-state index contributed by atoms with van der Waals surface area (Å²) in [5, 5.41) is 10.9. The summed E-state index contributed by atoms with van der Waals surface area (Å²) in [6.07, 6.45) is 0.902. The van der Waals surface area contributed by atoms with Crippen LogP contribution in [0.1, 0.15) is 13.3 Å². The summed E-state index contributed by atoms with van der Waals surface area (Å²) in [5.74, 6) is 0.390. The van der Waals surface area contributed by atoms with Crippen LogP contribution >= 0.6 is 0 Å². The standard InChI is InChI=1S/C17H17NO6/c1-2-11-22-13-7-9-14(10-8-13)24-17(19)12-23-16-6-4-3-5-15(16)18(20)21/h3-10H,2,11-12H2,1H3. The highest BCUT2D eigenvalue weighted by Gasteiger charge is 2.15. The Labute approximate surface area is 138 Å². The zero-order valence-corrected chi connectivity index (χ0v) is 13.1. The summed E-state index contributed by atoms with van der Waals surface area (Å²) in [4.78, 5) is 22.1. The van der Waals surface area contributed by atoms with E-state index in [0.29, 0.717) is 18.1 Å². The average molecular weight is 331 g/mol. The Morgan fingerprint density at radius 3 is 2.38 bits per heavy atom. The summed E-state index contributed by atoms with van der Waals surface area (Å²) in [7, 11) is 0. The number of hydrogen-bond acceptors (Lipinski definition) is 6. The van der Waals surface area contributed by atoms with Gasteiger partial charge in [0.05, 0.1) is 11.5 Å². The summed E-state index contributed by atoms with van der Waals surface area (Å²) in [6.45, 7) is 2.19. The van der Waals surface area contributed by atoms with Gasteiger partial charge in [-0.3, -0.25) is 10.1 Å². The Morgan fingerprint density at radius 1 is 1.04 bits per heavy atom. The molecular weight excluding hydrogens is 314 g/mol. The molecule has 2 aromatic rings. The summed E-state index contributed by atoms with van der Waals surface area (Å²) in [6, 6.07) is 12.4. The highest BCUT2D eigenvalue weighted by Crippen LogP contribution is 2.25. The van der Waals surface area contributed by atoms with Crippen LogP contribution in [0, 0.1) is 10.1 Å². The fourth-order valence-electron chi connectivity index (χ4n) is 1.85. The predicted molar refractivity (Wildman–Crippen MR) is 86.5 cm³/mol. The molecular formula is C17H17NO6. The molecule has 0 unspecified atom stereocenters. The topological polar surface area (TPSA) is 87.9 Å². The molecule has 0 atom stereocenters. The number of nitro benzene ring substituents is 1. The molecule has 0 saturated heterocycles. The van der Waals surface area contributed by atoms with E-state index in [2.05, 4.69) is 0 Å². The highest BCUT2D eigenvalue weighted by molar-refractivity contribution is 5.74. The maximum atomic E-state index is 11.8. The van der Waals surface area contributed by atoms with Crippen LogP contribution in [0.25, 0.3) is 0 Å². The number of hydrogen-bond donors (Lipinski definition) is 0. The van der Waals surface area contributed by atoms with Gasteiger partial charge in [-0.25, -0.2) is 4.79 Å². The van der Waals surface area contributed by atoms with Crippen molar-refractivity contribution in [1.29, 1.82) is 0 Å². The lowest BCUT2D eigenvalue weighted by atomic mass is 10.3. The van der Waals surface area contributed by atoms with Gasteiger partial charge >= 0.3 is 11.7 Å². The molecule has 0 saturated carbocycles. The minimum atomic E-state index is -0.657. The largest absolute Gasteiger partial charge is 0.494 e. The van der Waals surface area contributed by atoms with Crippen molar-refractivity contribution in [3.8, 4) is 17.2 Å². The molecule has 24 heavy (non-hydrogen) atoms. The number of nitrogens with zero attached hydrogens (tertiary/aromatic N) is 1. The third kappa shape index (κ3) is 4.98. The number of ether oxygens (including phenoxy) is 3. The van der Waals surface area contributed by atoms with Gasteiger partial charge in [-0.15, -0.1) is 0 Å². The number of carbonyl (C=O) groups is 1. The minimum Gasteiger partial charge on any atom is -0.494 e. The molecule has 0 fully saturated rings. The second-order valence-electron chi connectivity index (χ2n) is 4.81. The average Bonchev–Trinajstić information content (AvgIpc) is 2.59. The van der Waals surface area contributed by atoms with Gasteiger partial charge in [0, 0.05) is 6.07 Å². The first-order valence-electron chi connectivity index (χ1n) is 7.40. The van der Waals surface area contributed by atoms with Crippen LogP contribution in [0.2, 0.25) is 0 Å². The molecule has 0 heterocycles. The van der Waals surface area contributed by atoms with Crippen molar-refractivity contribution in [2.75, 3.05) is 13.2 Å². The lowest BCUT2D eigenvalue weighted by molar-refractivity contribution is -0.385. The minimum absolute atomic E-state index is 0.0164. The monoisotopic (exact) mass is 331 g/mol. The maximum Gasteiger partial charge on any atom is 0.349 e. The van der Waals surface area contributed by atoms with Gasteiger partial charge in [-0.1, -0.05) is 19.1 Å². The SMILES string of the molecule is CCCOc1ccc(OC(=O)COc2ccccc2[N+](=O)[O-])cc1. The molecule has 0 amide bonds. The van der Waals surface area contributed by atoms with Crippen molar-refractivity contribution in [3.63, 3.8) is 0 Å². The summed E-state index contributed by atoms with van der Waals surface area (Å²) in [5.41, 5.74) is -0.206. The Bertz CT molecular complexity index is 698. The Morgan fingerprint density at radius 2 is 1.71 bits per heavy atom. The third-order valence-electron chi connectivity index (χ3n) is 2.94. The van der Waals surface area contributed by atoms with Crippen LogP contribution in [-0.4, -0.2) is 24.1 Å². The Balaban J connectivity index is 1.88. The molecule has 0 aliphatic carbocycles. The molecule has 0 aromatic heterocycles. The molecule has 7 heteroatoms. The number of carbonyl (C=O) groups excluding carboxylic acids is 1. The highest BCUT2D eigenvalue weighted by atomic mass is 16.6. The lowest BCUT2D eigenvalue weighted by Crippen LogP contribution is -2.18. The Kier molecular flexibility index (Phi) is 6.13. The van der Waals surface area contributed by atoms with E-state index in [1.807, 2.05) is 6.92 Å².